The highest BCUT2D eigenvalue weighted by molar-refractivity contribution is 6.32. The average Bonchev–Trinajstić information content (AvgIpc) is 3.20. The average molecular weight is 395 g/mol. The number of para-hydroxylation sites is 1. The van der Waals surface area contributed by atoms with Gasteiger partial charge in [0.25, 0.3) is 5.91 Å². The topological polar surface area (TPSA) is 82.2 Å². The van der Waals surface area contributed by atoms with E-state index in [4.69, 9.17) is 32.5 Å². The fourth-order valence-corrected chi connectivity index (χ4v) is 2.63. The Morgan fingerprint density at radius 1 is 1.35 bits per heavy atom. The Morgan fingerprint density at radius 3 is 2.88 bits per heavy atom. The first-order valence-electron chi connectivity index (χ1n) is 7.83. The van der Waals surface area contributed by atoms with Gasteiger partial charge in [0.1, 0.15) is 18.1 Å². The van der Waals surface area contributed by atoms with Crippen LogP contribution in [-0.4, -0.2) is 27.4 Å². The molecule has 2 heterocycles. The van der Waals surface area contributed by atoms with Gasteiger partial charge in [-0.2, -0.15) is 5.10 Å². The van der Waals surface area contributed by atoms with Gasteiger partial charge in [-0.15, -0.1) is 0 Å². The van der Waals surface area contributed by atoms with E-state index in [-0.39, 0.29) is 18.2 Å². The lowest BCUT2D eigenvalue weighted by molar-refractivity contribution is 0.0940. The monoisotopic (exact) mass is 394 g/mol. The molecule has 1 N–H and O–H groups in total. The number of nitrogens with one attached hydrogen (secondary N) is 1. The van der Waals surface area contributed by atoms with Crippen molar-refractivity contribution in [3.05, 3.63) is 63.7 Å². The summed E-state index contributed by atoms with van der Waals surface area (Å²) >= 11 is 11.9. The van der Waals surface area contributed by atoms with Gasteiger partial charge in [0, 0.05) is 12.7 Å². The predicted molar refractivity (Wildman–Crippen MR) is 96.6 cm³/mol. The van der Waals surface area contributed by atoms with E-state index in [0.717, 1.165) is 0 Å². The van der Waals surface area contributed by atoms with Gasteiger partial charge in [0.2, 0.25) is 0 Å². The summed E-state index contributed by atoms with van der Waals surface area (Å²) in [4.78, 5) is 12.4. The zero-order valence-electron chi connectivity index (χ0n) is 13.9. The first-order valence-corrected chi connectivity index (χ1v) is 8.59. The van der Waals surface area contributed by atoms with Crippen molar-refractivity contribution in [2.24, 2.45) is 0 Å². The number of nitrogens with zero attached hydrogens (tertiary/aromatic N) is 3. The second-order valence-corrected chi connectivity index (χ2v) is 6.31. The summed E-state index contributed by atoms with van der Waals surface area (Å²) in [5.74, 6) is 0.690. The Bertz CT molecular complexity index is 907. The molecule has 0 aliphatic rings. The van der Waals surface area contributed by atoms with Crippen LogP contribution in [0.3, 0.4) is 0 Å². The summed E-state index contributed by atoms with van der Waals surface area (Å²) in [7, 11) is 0. The maximum Gasteiger partial charge on any atom is 0.273 e. The Balaban J connectivity index is 1.61. The molecule has 3 rings (SSSR count). The number of rotatable bonds is 7. The molecule has 0 spiro atoms. The van der Waals surface area contributed by atoms with E-state index in [2.05, 4.69) is 15.6 Å². The third-order valence-corrected chi connectivity index (χ3v) is 4.14. The minimum absolute atomic E-state index is 0.122. The van der Waals surface area contributed by atoms with Crippen molar-refractivity contribution in [1.82, 2.24) is 20.3 Å². The molecule has 2 aromatic heterocycles. The van der Waals surface area contributed by atoms with E-state index in [1.165, 1.54) is 6.20 Å². The van der Waals surface area contributed by atoms with Gasteiger partial charge >= 0.3 is 0 Å². The van der Waals surface area contributed by atoms with Gasteiger partial charge in [0.05, 0.1) is 28.4 Å². The van der Waals surface area contributed by atoms with Crippen LogP contribution in [0, 0.1) is 6.92 Å². The molecule has 1 aromatic carbocycles. The Labute approximate surface area is 159 Å². The number of hydrogen-bond donors (Lipinski definition) is 1. The normalized spacial score (nSPS) is 10.7. The molecule has 0 bridgehead atoms. The highest BCUT2D eigenvalue weighted by Gasteiger charge is 2.20. The molecule has 0 fully saturated rings. The molecule has 0 saturated carbocycles. The number of aromatic nitrogens is 3. The summed E-state index contributed by atoms with van der Waals surface area (Å²) < 4.78 is 12.5. The number of ether oxygens (including phenoxy) is 1. The van der Waals surface area contributed by atoms with Crippen molar-refractivity contribution in [1.29, 1.82) is 0 Å². The van der Waals surface area contributed by atoms with Gasteiger partial charge in [-0.3, -0.25) is 9.48 Å². The minimum Gasteiger partial charge on any atom is -0.487 e. The molecule has 26 heavy (non-hydrogen) atoms. The summed E-state index contributed by atoms with van der Waals surface area (Å²) in [6.45, 7) is 2.70. The second kappa shape index (κ2) is 8.25. The lowest BCUT2D eigenvalue weighted by atomic mass is 10.2. The lowest BCUT2D eigenvalue weighted by Crippen LogP contribution is -2.28. The number of carbonyl (C=O) groups is 1. The van der Waals surface area contributed by atoms with Crippen LogP contribution in [-0.2, 0) is 13.2 Å². The van der Waals surface area contributed by atoms with Crippen molar-refractivity contribution in [3.63, 3.8) is 0 Å². The quantitative estimate of drug-likeness (QED) is 0.662. The Morgan fingerprint density at radius 2 is 2.15 bits per heavy atom. The summed E-state index contributed by atoms with van der Waals surface area (Å²) in [6, 6.07) is 7.11. The number of amides is 1. The first kappa shape index (κ1) is 18.3. The maximum atomic E-state index is 12.4. The third-order valence-electron chi connectivity index (χ3n) is 3.64. The SMILES string of the molecule is Cc1onc(C(=O)NCCn2cc(Cl)cn2)c1COc1ccccc1Cl. The minimum atomic E-state index is -0.349. The van der Waals surface area contributed by atoms with Crippen molar-refractivity contribution >= 4 is 29.1 Å². The number of carbonyl (C=O) groups excluding carboxylic acids is 1. The predicted octanol–water partition coefficient (Wildman–Crippen LogP) is 3.50. The molecule has 0 saturated heterocycles. The van der Waals surface area contributed by atoms with Crippen LogP contribution in [0.15, 0.2) is 41.2 Å². The number of aryl methyl sites for hydroxylation is 1. The third kappa shape index (κ3) is 4.36. The van der Waals surface area contributed by atoms with Crippen LogP contribution in [0.2, 0.25) is 10.0 Å². The molecular weight excluding hydrogens is 379 g/mol. The highest BCUT2D eigenvalue weighted by atomic mass is 35.5. The zero-order chi connectivity index (χ0) is 18.5. The molecule has 9 heteroatoms. The standard InChI is InChI=1S/C17H16Cl2N4O3/c1-11-13(10-25-15-5-3-2-4-14(15)19)16(22-26-11)17(24)20-6-7-23-9-12(18)8-21-23/h2-5,8-9H,6-7,10H2,1H3,(H,20,24). The van der Waals surface area contributed by atoms with Gasteiger partial charge in [-0.25, -0.2) is 0 Å². The van der Waals surface area contributed by atoms with Crippen molar-refractivity contribution in [3.8, 4) is 5.75 Å². The van der Waals surface area contributed by atoms with Crippen LogP contribution in [0.4, 0.5) is 0 Å². The molecule has 136 valence electrons. The van der Waals surface area contributed by atoms with Crippen molar-refractivity contribution in [2.75, 3.05) is 6.54 Å². The largest absolute Gasteiger partial charge is 0.487 e. The molecule has 0 aliphatic carbocycles. The van der Waals surface area contributed by atoms with Crippen LogP contribution >= 0.6 is 23.2 Å². The van der Waals surface area contributed by atoms with Crippen molar-refractivity contribution in [2.45, 2.75) is 20.1 Å². The molecule has 7 nitrogen and oxygen atoms in total. The van der Waals surface area contributed by atoms with E-state index in [9.17, 15) is 4.79 Å². The highest BCUT2D eigenvalue weighted by Crippen LogP contribution is 2.25. The van der Waals surface area contributed by atoms with Crippen LogP contribution < -0.4 is 10.1 Å². The van der Waals surface area contributed by atoms with E-state index in [0.29, 0.717) is 40.2 Å². The second-order valence-electron chi connectivity index (χ2n) is 5.46. The Kier molecular flexibility index (Phi) is 5.80. The Hall–Kier alpha value is -2.51. The summed E-state index contributed by atoms with van der Waals surface area (Å²) in [5.41, 5.74) is 0.762. The van der Waals surface area contributed by atoms with Gasteiger partial charge in [0.15, 0.2) is 5.69 Å². The van der Waals surface area contributed by atoms with Crippen LogP contribution in [0.5, 0.6) is 5.75 Å². The fraction of sp³-hybridized carbons (Fsp3) is 0.235. The van der Waals surface area contributed by atoms with Gasteiger partial charge in [-0.1, -0.05) is 40.5 Å². The summed E-state index contributed by atoms with van der Waals surface area (Å²) in [6.07, 6.45) is 3.21. The molecule has 0 aliphatic heterocycles. The molecular formula is C17H16Cl2N4O3. The van der Waals surface area contributed by atoms with E-state index < -0.39 is 0 Å². The number of hydrogen-bond acceptors (Lipinski definition) is 5. The zero-order valence-corrected chi connectivity index (χ0v) is 15.4. The van der Waals surface area contributed by atoms with Gasteiger partial charge in [-0.05, 0) is 19.1 Å². The molecule has 1 amide bonds. The molecule has 0 atom stereocenters. The summed E-state index contributed by atoms with van der Waals surface area (Å²) in [5, 5.41) is 11.7. The van der Waals surface area contributed by atoms with Crippen LogP contribution in [0.25, 0.3) is 0 Å². The fourth-order valence-electron chi connectivity index (χ4n) is 2.28. The first-order chi connectivity index (χ1) is 12.5. The van der Waals surface area contributed by atoms with Crippen molar-refractivity contribution < 1.29 is 14.1 Å². The van der Waals surface area contributed by atoms with E-state index in [1.807, 2.05) is 12.1 Å². The van der Waals surface area contributed by atoms with E-state index in [1.54, 1.807) is 29.9 Å². The maximum absolute atomic E-state index is 12.4. The molecule has 3 aromatic rings. The lowest BCUT2D eigenvalue weighted by Gasteiger charge is -2.08. The van der Waals surface area contributed by atoms with E-state index >= 15 is 0 Å². The molecule has 0 unspecified atom stereocenters. The van der Waals surface area contributed by atoms with Gasteiger partial charge < -0.3 is 14.6 Å². The smallest absolute Gasteiger partial charge is 0.273 e. The number of halogens is 2. The van der Waals surface area contributed by atoms with Crippen LogP contribution in [0.1, 0.15) is 21.8 Å². The number of benzene rings is 1. The molecule has 0 radical (unpaired) electrons.